The first-order chi connectivity index (χ1) is 7.10. The first-order valence-electron chi connectivity index (χ1n) is 4.83. The summed E-state index contributed by atoms with van der Waals surface area (Å²) >= 11 is 0. The van der Waals surface area contributed by atoms with Crippen LogP contribution in [-0.2, 0) is 12.0 Å². The van der Waals surface area contributed by atoms with Crippen LogP contribution in [0.3, 0.4) is 0 Å². The zero-order chi connectivity index (χ0) is 11.1. The molecule has 15 heavy (non-hydrogen) atoms. The number of halogens is 2. The number of alkyl halides is 2. The van der Waals surface area contributed by atoms with Gasteiger partial charge in [0, 0.05) is 6.07 Å². The number of nitrogens with zero attached hydrogens (tertiary/aromatic N) is 2. The minimum atomic E-state index is -2.39. The maximum atomic E-state index is 12.7. The summed E-state index contributed by atoms with van der Waals surface area (Å²) in [6.07, 6.45) is -1.48. The molecule has 1 aliphatic rings. The van der Waals surface area contributed by atoms with Crippen LogP contribution in [0.25, 0.3) is 0 Å². The molecule has 0 spiro atoms. The molecule has 0 aliphatic heterocycles. The van der Waals surface area contributed by atoms with Gasteiger partial charge in [-0.15, -0.1) is 0 Å². The van der Waals surface area contributed by atoms with Gasteiger partial charge in [-0.05, 0) is 12.8 Å². The van der Waals surface area contributed by atoms with Crippen LogP contribution >= 0.6 is 0 Å². The van der Waals surface area contributed by atoms with Crippen molar-refractivity contribution in [2.45, 2.75) is 31.2 Å². The van der Waals surface area contributed by atoms with E-state index in [1.807, 2.05) is 0 Å². The number of hydrogen-bond acceptors (Lipinski definition) is 3. The average molecular weight is 217 g/mol. The van der Waals surface area contributed by atoms with Crippen molar-refractivity contribution in [3.8, 4) is 0 Å². The summed E-state index contributed by atoms with van der Waals surface area (Å²) in [6, 6.07) is 1.48. The van der Waals surface area contributed by atoms with Crippen LogP contribution in [0, 0.1) is 0 Å². The molecule has 0 atom stereocenters. The van der Waals surface area contributed by atoms with Crippen molar-refractivity contribution >= 4 is 5.82 Å². The highest BCUT2D eigenvalue weighted by atomic mass is 19.3. The predicted octanol–water partition coefficient (Wildman–Crippen LogP) is 0.754. The van der Waals surface area contributed by atoms with Gasteiger partial charge in [0.2, 0.25) is 6.43 Å². The first kappa shape index (κ1) is 10.4. The Hall–Kier alpha value is -1.17. The van der Waals surface area contributed by atoms with Gasteiger partial charge in [-0.2, -0.15) is 5.10 Å². The van der Waals surface area contributed by atoms with Crippen molar-refractivity contribution in [1.82, 2.24) is 9.78 Å². The van der Waals surface area contributed by atoms with Crippen molar-refractivity contribution in [1.29, 1.82) is 0 Å². The summed E-state index contributed by atoms with van der Waals surface area (Å²) in [5.41, 5.74) is 4.87. The van der Waals surface area contributed by atoms with Crippen LogP contribution in [0.1, 0.15) is 18.5 Å². The molecule has 0 unspecified atom stereocenters. The van der Waals surface area contributed by atoms with E-state index in [0.717, 1.165) is 0 Å². The fourth-order valence-corrected chi connectivity index (χ4v) is 1.67. The highest BCUT2D eigenvalue weighted by Crippen LogP contribution is 2.52. The van der Waals surface area contributed by atoms with Crippen molar-refractivity contribution in [3.63, 3.8) is 0 Å². The molecular formula is C9H13F2N3O. The summed E-state index contributed by atoms with van der Waals surface area (Å²) < 4.78 is 26.9. The molecule has 0 radical (unpaired) electrons. The number of anilines is 1. The number of rotatable bonds is 4. The number of aromatic nitrogens is 2. The van der Waals surface area contributed by atoms with Gasteiger partial charge < -0.3 is 10.8 Å². The molecule has 1 aromatic rings. The van der Waals surface area contributed by atoms with Gasteiger partial charge in [-0.25, -0.2) is 13.5 Å². The summed E-state index contributed by atoms with van der Waals surface area (Å²) in [5.74, 6) is 0.325. The molecule has 1 aromatic heterocycles. The molecule has 0 bridgehead atoms. The van der Waals surface area contributed by atoms with Crippen LogP contribution in [-0.4, -0.2) is 27.9 Å². The highest BCUT2D eigenvalue weighted by molar-refractivity contribution is 5.37. The molecule has 0 saturated heterocycles. The Kier molecular flexibility index (Phi) is 2.38. The minimum absolute atomic E-state index is 0.104. The molecule has 1 heterocycles. The Morgan fingerprint density at radius 3 is 2.73 bits per heavy atom. The third-order valence-electron chi connectivity index (χ3n) is 2.84. The zero-order valence-electron chi connectivity index (χ0n) is 8.16. The van der Waals surface area contributed by atoms with Crippen molar-refractivity contribution < 1.29 is 13.9 Å². The van der Waals surface area contributed by atoms with Gasteiger partial charge in [0.25, 0.3) is 0 Å². The molecule has 1 aliphatic carbocycles. The van der Waals surface area contributed by atoms with E-state index in [1.165, 1.54) is 10.7 Å². The Labute approximate surface area is 85.7 Å². The number of aliphatic hydroxyl groups is 1. The van der Waals surface area contributed by atoms with Gasteiger partial charge in [-0.3, -0.25) is 0 Å². The van der Waals surface area contributed by atoms with Crippen molar-refractivity contribution in [3.05, 3.63) is 11.8 Å². The average Bonchev–Trinajstić information content (AvgIpc) is 2.90. The third kappa shape index (κ3) is 1.58. The number of nitrogen functional groups attached to an aromatic ring is 1. The second-order valence-electron chi connectivity index (χ2n) is 3.86. The maximum absolute atomic E-state index is 12.7. The fourth-order valence-electron chi connectivity index (χ4n) is 1.67. The van der Waals surface area contributed by atoms with Gasteiger partial charge in [-0.1, -0.05) is 0 Å². The lowest BCUT2D eigenvalue weighted by atomic mass is 10.0. The molecule has 1 saturated carbocycles. The van der Waals surface area contributed by atoms with E-state index in [1.54, 1.807) is 0 Å². The zero-order valence-corrected chi connectivity index (χ0v) is 8.16. The minimum Gasteiger partial charge on any atom is -0.394 e. The molecule has 0 amide bonds. The van der Waals surface area contributed by atoms with Gasteiger partial charge >= 0.3 is 0 Å². The van der Waals surface area contributed by atoms with Crippen LogP contribution < -0.4 is 5.73 Å². The standard InChI is InChI=1S/C9H13F2N3O/c10-8(11)9(1-2-9)6-5-7(12)14(13-6)3-4-15/h5,8,15H,1-4,12H2. The Bertz CT molecular complexity index is 360. The van der Waals surface area contributed by atoms with E-state index < -0.39 is 11.8 Å². The summed E-state index contributed by atoms with van der Waals surface area (Å²) in [5, 5.41) is 12.7. The van der Waals surface area contributed by atoms with E-state index in [2.05, 4.69) is 5.10 Å². The number of nitrogens with two attached hydrogens (primary N) is 1. The molecule has 6 heteroatoms. The van der Waals surface area contributed by atoms with Gasteiger partial charge in [0.15, 0.2) is 0 Å². The van der Waals surface area contributed by atoms with Crippen molar-refractivity contribution in [2.24, 2.45) is 0 Å². The largest absolute Gasteiger partial charge is 0.394 e. The molecular weight excluding hydrogens is 204 g/mol. The smallest absolute Gasteiger partial charge is 0.249 e. The monoisotopic (exact) mass is 217 g/mol. The lowest BCUT2D eigenvalue weighted by molar-refractivity contribution is 0.0994. The summed E-state index contributed by atoms with van der Waals surface area (Å²) in [4.78, 5) is 0. The maximum Gasteiger partial charge on any atom is 0.249 e. The SMILES string of the molecule is Nc1cc(C2(C(F)F)CC2)nn1CCO. The van der Waals surface area contributed by atoms with Crippen LogP contribution in [0.15, 0.2) is 6.07 Å². The fraction of sp³-hybridized carbons (Fsp3) is 0.667. The quantitative estimate of drug-likeness (QED) is 0.782. The third-order valence-corrected chi connectivity index (χ3v) is 2.84. The molecule has 3 N–H and O–H groups in total. The Balaban J connectivity index is 2.26. The number of hydrogen-bond donors (Lipinski definition) is 2. The van der Waals surface area contributed by atoms with Gasteiger partial charge in [0.05, 0.1) is 24.3 Å². The molecule has 4 nitrogen and oxygen atoms in total. The van der Waals surface area contributed by atoms with Crippen molar-refractivity contribution in [2.75, 3.05) is 12.3 Å². The van der Waals surface area contributed by atoms with Crippen LogP contribution in [0.5, 0.6) is 0 Å². The molecule has 84 valence electrons. The molecule has 2 rings (SSSR count). The normalized spacial score (nSPS) is 18.4. The van der Waals surface area contributed by atoms with E-state index in [-0.39, 0.29) is 13.2 Å². The second-order valence-corrected chi connectivity index (χ2v) is 3.86. The molecule has 1 fully saturated rings. The Morgan fingerprint density at radius 2 is 2.27 bits per heavy atom. The lowest BCUT2D eigenvalue weighted by Crippen LogP contribution is -2.18. The predicted molar refractivity (Wildman–Crippen MR) is 50.6 cm³/mol. The van der Waals surface area contributed by atoms with E-state index in [0.29, 0.717) is 24.4 Å². The van der Waals surface area contributed by atoms with E-state index >= 15 is 0 Å². The molecule has 0 aromatic carbocycles. The van der Waals surface area contributed by atoms with Crippen LogP contribution in [0.2, 0.25) is 0 Å². The van der Waals surface area contributed by atoms with E-state index in [4.69, 9.17) is 10.8 Å². The summed E-state index contributed by atoms with van der Waals surface area (Å²) in [6.45, 7) is 0.137. The lowest BCUT2D eigenvalue weighted by Gasteiger charge is -2.09. The topological polar surface area (TPSA) is 64.1 Å². The number of aliphatic hydroxyl groups excluding tert-OH is 1. The Morgan fingerprint density at radius 1 is 1.60 bits per heavy atom. The summed E-state index contributed by atoms with van der Waals surface area (Å²) in [7, 11) is 0. The van der Waals surface area contributed by atoms with E-state index in [9.17, 15) is 8.78 Å². The second kappa shape index (κ2) is 3.44. The first-order valence-corrected chi connectivity index (χ1v) is 4.83. The highest BCUT2D eigenvalue weighted by Gasteiger charge is 2.54. The van der Waals surface area contributed by atoms with Crippen LogP contribution in [0.4, 0.5) is 14.6 Å². The van der Waals surface area contributed by atoms with Gasteiger partial charge in [0.1, 0.15) is 5.82 Å².